The number of ether oxygens (including phenoxy) is 1. The van der Waals surface area contributed by atoms with Gasteiger partial charge in [0.25, 0.3) is 0 Å². The van der Waals surface area contributed by atoms with Crippen LogP contribution in [0.2, 0.25) is 0 Å². The second-order valence-electron chi connectivity index (χ2n) is 4.25. The average molecular weight is 350 g/mol. The molecule has 0 bridgehead atoms. The quantitative estimate of drug-likeness (QED) is 0.750. The van der Waals surface area contributed by atoms with Crippen molar-refractivity contribution in [1.82, 2.24) is 9.97 Å². The van der Waals surface area contributed by atoms with Crippen molar-refractivity contribution in [2.45, 2.75) is 6.92 Å². The van der Waals surface area contributed by atoms with Gasteiger partial charge in [-0.15, -0.1) is 11.3 Å². The van der Waals surface area contributed by atoms with Crippen LogP contribution >= 0.6 is 27.3 Å². The molecular formula is C14H12BrN3OS. The van der Waals surface area contributed by atoms with E-state index in [1.165, 1.54) is 0 Å². The van der Waals surface area contributed by atoms with Gasteiger partial charge < -0.3 is 10.1 Å². The Balaban J connectivity index is 2.07. The van der Waals surface area contributed by atoms with Gasteiger partial charge in [0.05, 0.1) is 5.39 Å². The first-order chi connectivity index (χ1) is 9.67. The minimum atomic E-state index is 0.560. The van der Waals surface area contributed by atoms with Gasteiger partial charge in [-0.05, 0) is 42.1 Å². The summed E-state index contributed by atoms with van der Waals surface area (Å²) >= 11 is 5.02. The van der Waals surface area contributed by atoms with Gasteiger partial charge in [-0.3, -0.25) is 0 Å². The maximum absolute atomic E-state index is 5.97. The van der Waals surface area contributed by atoms with E-state index in [1.807, 2.05) is 36.6 Å². The van der Waals surface area contributed by atoms with Gasteiger partial charge in [-0.2, -0.15) is 4.98 Å². The number of benzene rings is 1. The van der Waals surface area contributed by atoms with Crippen LogP contribution in [0.1, 0.15) is 5.56 Å². The largest absolute Gasteiger partial charge is 0.438 e. The van der Waals surface area contributed by atoms with Crippen molar-refractivity contribution in [3.05, 3.63) is 39.7 Å². The summed E-state index contributed by atoms with van der Waals surface area (Å²) in [4.78, 5) is 9.71. The Morgan fingerprint density at radius 2 is 2.10 bits per heavy atom. The number of aromatic nitrogens is 2. The van der Waals surface area contributed by atoms with E-state index in [9.17, 15) is 0 Å². The summed E-state index contributed by atoms with van der Waals surface area (Å²) in [7, 11) is 1.80. The molecule has 4 nitrogen and oxygen atoms in total. The summed E-state index contributed by atoms with van der Waals surface area (Å²) < 4.78 is 7.00. The second kappa shape index (κ2) is 5.38. The lowest BCUT2D eigenvalue weighted by Gasteiger charge is -2.10. The number of nitrogens with zero attached hydrogens (tertiary/aromatic N) is 2. The smallest absolute Gasteiger partial charge is 0.232 e. The molecule has 2 aromatic heterocycles. The number of fused-ring (bicyclic) bond motifs is 1. The predicted octanol–water partition coefficient (Wildman–Crippen LogP) is 4.60. The molecule has 0 aliphatic heterocycles. The maximum Gasteiger partial charge on any atom is 0.232 e. The molecule has 0 fully saturated rings. The van der Waals surface area contributed by atoms with Crippen molar-refractivity contribution in [2.24, 2.45) is 0 Å². The second-order valence-corrected chi connectivity index (χ2v) is 6.06. The number of anilines is 1. The van der Waals surface area contributed by atoms with Crippen LogP contribution in [0.15, 0.2) is 34.1 Å². The molecule has 1 N–H and O–H groups in total. The lowest BCUT2D eigenvalue weighted by atomic mass is 10.2. The molecule has 0 amide bonds. The Bertz CT molecular complexity index is 772. The van der Waals surface area contributed by atoms with E-state index < -0.39 is 0 Å². The van der Waals surface area contributed by atoms with Crippen molar-refractivity contribution in [1.29, 1.82) is 0 Å². The summed E-state index contributed by atoms with van der Waals surface area (Å²) in [5.41, 5.74) is 1.05. The summed E-state index contributed by atoms with van der Waals surface area (Å²) in [6.45, 7) is 2.01. The van der Waals surface area contributed by atoms with Gasteiger partial charge in [-0.25, -0.2) is 4.98 Å². The Hall–Kier alpha value is -1.66. The highest BCUT2D eigenvalue weighted by molar-refractivity contribution is 9.10. The molecule has 0 saturated carbocycles. The SMILES string of the molecule is CNc1nc(Oc2ccc(Br)cc2C)c2ccsc2n1. The zero-order valence-corrected chi connectivity index (χ0v) is 13.4. The predicted molar refractivity (Wildman–Crippen MR) is 85.9 cm³/mol. The van der Waals surface area contributed by atoms with Crippen LogP contribution in [0.25, 0.3) is 10.2 Å². The van der Waals surface area contributed by atoms with Crippen molar-refractivity contribution >= 4 is 43.4 Å². The minimum Gasteiger partial charge on any atom is -0.438 e. The van der Waals surface area contributed by atoms with Crippen molar-refractivity contribution in [3.63, 3.8) is 0 Å². The van der Waals surface area contributed by atoms with Crippen LogP contribution in [0.3, 0.4) is 0 Å². The maximum atomic E-state index is 5.97. The van der Waals surface area contributed by atoms with Gasteiger partial charge >= 0.3 is 0 Å². The van der Waals surface area contributed by atoms with Gasteiger partial charge in [0.1, 0.15) is 10.6 Å². The zero-order valence-electron chi connectivity index (χ0n) is 11.0. The van der Waals surface area contributed by atoms with E-state index in [-0.39, 0.29) is 0 Å². The highest BCUT2D eigenvalue weighted by Gasteiger charge is 2.11. The summed E-state index contributed by atoms with van der Waals surface area (Å²) in [5.74, 6) is 1.93. The van der Waals surface area contributed by atoms with Crippen LogP contribution < -0.4 is 10.1 Å². The molecule has 0 radical (unpaired) electrons. The standard InChI is InChI=1S/C14H12BrN3OS/c1-8-7-9(15)3-4-11(8)19-12-10-5-6-20-13(10)18-14(16-2)17-12/h3-7H,1-2H3,(H,16,17,18). The molecule has 3 rings (SSSR count). The van der Waals surface area contributed by atoms with Gasteiger partial charge in [0.15, 0.2) is 0 Å². The summed E-state index contributed by atoms with van der Waals surface area (Å²) in [6.07, 6.45) is 0. The topological polar surface area (TPSA) is 47.0 Å². The number of thiophene rings is 1. The summed E-state index contributed by atoms with van der Waals surface area (Å²) in [5, 5.41) is 5.87. The molecule has 0 aliphatic rings. The van der Waals surface area contributed by atoms with Gasteiger partial charge in [0, 0.05) is 11.5 Å². The third kappa shape index (κ3) is 2.48. The number of halogens is 1. The molecule has 6 heteroatoms. The van der Waals surface area contributed by atoms with Crippen LogP contribution in [0.5, 0.6) is 11.6 Å². The molecule has 1 aromatic carbocycles. The number of hydrogen-bond donors (Lipinski definition) is 1. The molecular weight excluding hydrogens is 338 g/mol. The zero-order chi connectivity index (χ0) is 14.1. The number of hydrogen-bond acceptors (Lipinski definition) is 5. The Kier molecular flexibility index (Phi) is 3.58. The van der Waals surface area contributed by atoms with Crippen LogP contribution in [0, 0.1) is 6.92 Å². The van der Waals surface area contributed by atoms with Crippen molar-refractivity contribution < 1.29 is 4.74 Å². The fourth-order valence-electron chi connectivity index (χ4n) is 1.85. The first-order valence-electron chi connectivity index (χ1n) is 6.04. The Labute approximate surface area is 129 Å². The molecule has 2 heterocycles. The monoisotopic (exact) mass is 349 g/mol. The molecule has 0 aliphatic carbocycles. The van der Waals surface area contributed by atoms with Gasteiger partial charge in [-0.1, -0.05) is 15.9 Å². The molecule has 20 heavy (non-hydrogen) atoms. The fourth-order valence-corrected chi connectivity index (χ4v) is 3.08. The lowest BCUT2D eigenvalue weighted by Crippen LogP contribution is -1.98. The molecule has 0 atom stereocenters. The third-order valence-corrected chi connectivity index (χ3v) is 4.16. The first-order valence-corrected chi connectivity index (χ1v) is 7.71. The summed E-state index contributed by atoms with van der Waals surface area (Å²) in [6, 6.07) is 7.87. The first kappa shape index (κ1) is 13.3. The van der Waals surface area contributed by atoms with E-state index in [0.29, 0.717) is 11.8 Å². The number of rotatable bonds is 3. The minimum absolute atomic E-state index is 0.560. The third-order valence-electron chi connectivity index (χ3n) is 2.86. The van der Waals surface area contributed by atoms with Crippen LogP contribution in [0.4, 0.5) is 5.95 Å². The Morgan fingerprint density at radius 3 is 2.85 bits per heavy atom. The number of nitrogens with one attached hydrogen (secondary N) is 1. The fraction of sp³-hybridized carbons (Fsp3) is 0.143. The average Bonchev–Trinajstić information content (AvgIpc) is 2.90. The molecule has 0 spiro atoms. The van der Waals surface area contributed by atoms with E-state index in [2.05, 4.69) is 31.2 Å². The molecule has 102 valence electrons. The van der Waals surface area contributed by atoms with E-state index >= 15 is 0 Å². The van der Waals surface area contributed by atoms with Crippen molar-refractivity contribution in [3.8, 4) is 11.6 Å². The molecule has 0 saturated heterocycles. The lowest BCUT2D eigenvalue weighted by molar-refractivity contribution is 0.465. The van der Waals surface area contributed by atoms with Crippen LogP contribution in [-0.4, -0.2) is 17.0 Å². The normalized spacial score (nSPS) is 10.8. The highest BCUT2D eigenvalue weighted by Crippen LogP contribution is 2.33. The van der Waals surface area contributed by atoms with Crippen molar-refractivity contribution in [2.75, 3.05) is 12.4 Å². The Morgan fingerprint density at radius 1 is 1.25 bits per heavy atom. The molecule has 3 aromatic rings. The van der Waals surface area contributed by atoms with E-state index in [4.69, 9.17) is 4.74 Å². The van der Waals surface area contributed by atoms with Gasteiger partial charge in [0.2, 0.25) is 11.8 Å². The van der Waals surface area contributed by atoms with E-state index in [1.54, 1.807) is 18.4 Å². The van der Waals surface area contributed by atoms with E-state index in [0.717, 1.165) is 26.0 Å². The van der Waals surface area contributed by atoms with Crippen LogP contribution in [-0.2, 0) is 0 Å². The number of aryl methyl sites for hydroxylation is 1. The molecule has 0 unspecified atom stereocenters. The highest BCUT2D eigenvalue weighted by atomic mass is 79.9.